The van der Waals surface area contributed by atoms with Crippen LogP contribution in [0.3, 0.4) is 0 Å². The molecule has 0 aliphatic carbocycles. The zero-order valence-corrected chi connectivity index (χ0v) is 12.4. The van der Waals surface area contributed by atoms with Crippen molar-refractivity contribution in [1.82, 2.24) is 0 Å². The van der Waals surface area contributed by atoms with Crippen molar-refractivity contribution >= 4 is 8.58 Å². The van der Waals surface area contributed by atoms with Gasteiger partial charge in [0.2, 0.25) is 0 Å². The minimum atomic E-state index is 1.16. The molecule has 0 amide bonds. The highest BCUT2D eigenvalue weighted by Crippen LogP contribution is 2.15. The van der Waals surface area contributed by atoms with E-state index < -0.39 is 0 Å². The Balaban J connectivity index is 2.88. The Hall–Kier alpha value is 0.170. The average Bonchev–Trinajstić information content (AvgIpc) is 2.31. The summed E-state index contributed by atoms with van der Waals surface area (Å²) in [5, 5.41) is 0. The molecular weight excluding hydrogens is 211 g/mol. The van der Waals surface area contributed by atoms with Crippen LogP contribution >= 0.6 is 8.58 Å². The third-order valence-corrected chi connectivity index (χ3v) is 4.19. The molecule has 96 valence electrons. The average molecular weight is 242 g/mol. The van der Waals surface area contributed by atoms with Crippen molar-refractivity contribution in [2.24, 2.45) is 0 Å². The van der Waals surface area contributed by atoms with Crippen LogP contribution in [0.4, 0.5) is 0 Å². The van der Waals surface area contributed by atoms with Gasteiger partial charge in [-0.15, -0.1) is 8.58 Å². The molecule has 0 spiro atoms. The molecule has 0 saturated carbocycles. The third-order valence-electron chi connectivity index (χ3n) is 2.95. The van der Waals surface area contributed by atoms with Gasteiger partial charge in [0.1, 0.15) is 0 Å². The quantitative estimate of drug-likeness (QED) is 0.231. The minimum Gasteiger partial charge on any atom is -0.118 e. The molecule has 0 N–H and O–H groups in total. The Bertz CT molecular complexity index is 140. The summed E-state index contributed by atoms with van der Waals surface area (Å²) in [4.78, 5) is 0. The SMILES string of the molecule is CC=CCPCCCCCCCCCCC. The summed E-state index contributed by atoms with van der Waals surface area (Å²) in [5.41, 5.74) is 0. The molecule has 0 heterocycles. The molecule has 0 fully saturated rings. The van der Waals surface area contributed by atoms with Gasteiger partial charge in [-0.3, -0.25) is 0 Å². The van der Waals surface area contributed by atoms with Crippen molar-refractivity contribution in [3.8, 4) is 0 Å². The molecule has 0 aromatic carbocycles. The smallest absolute Gasteiger partial charge is 0.0172 e. The topological polar surface area (TPSA) is 0 Å². The molecule has 1 atom stereocenters. The first-order valence-corrected chi connectivity index (χ1v) is 8.65. The molecule has 0 aliphatic heterocycles. The minimum absolute atomic E-state index is 1.16. The standard InChI is InChI=1S/C15H31P/c1-3-5-7-8-9-10-11-12-13-15-16-14-6-4-2/h4,6,16H,3,5,7-15H2,1-2H3. The summed E-state index contributed by atoms with van der Waals surface area (Å²) >= 11 is 0. The lowest BCUT2D eigenvalue weighted by Gasteiger charge is -2.01. The van der Waals surface area contributed by atoms with Crippen LogP contribution < -0.4 is 0 Å². The normalized spacial score (nSPS) is 12.1. The maximum absolute atomic E-state index is 2.30. The van der Waals surface area contributed by atoms with Crippen LogP contribution in [0, 0.1) is 0 Å². The van der Waals surface area contributed by atoms with E-state index in [0.717, 1.165) is 8.58 Å². The molecule has 0 aliphatic rings. The summed E-state index contributed by atoms with van der Waals surface area (Å²) in [7, 11) is 1.16. The summed E-state index contributed by atoms with van der Waals surface area (Å²) in [6.45, 7) is 4.40. The zero-order chi connectivity index (χ0) is 11.9. The van der Waals surface area contributed by atoms with E-state index in [1.807, 2.05) is 0 Å². The highest BCUT2D eigenvalue weighted by Gasteiger charge is 1.91. The first-order valence-electron chi connectivity index (χ1n) is 7.23. The lowest BCUT2D eigenvalue weighted by Crippen LogP contribution is -1.83. The number of allylic oxidation sites excluding steroid dienone is 2. The predicted molar refractivity (Wildman–Crippen MR) is 80.1 cm³/mol. The fraction of sp³-hybridized carbons (Fsp3) is 0.867. The third kappa shape index (κ3) is 14.2. The fourth-order valence-electron chi connectivity index (χ4n) is 1.86. The van der Waals surface area contributed by atoms with Crippen molar-refractivity contribution in [3.05, 3.63) is 12.2 Å². The van der Waals surface area contributed by atoms with E-state index in [2.05, 4.69) is 26.0 Å². The van der Waals surface area contributed by atoms with Crippen LogP contribution in [-0.2, 0) is 0 Å². The van der Waals surface area contributed by atoms with Crippen LogP contribution in [0.15, 0.2) is 12.2 Å². The van der Waals surface area contributed by atoms with Gasteiger partial charge in [-0.05, 0) is 25.7 Å². The van der Waals surface area contributed by atoms with Crippen LogP contribution in [0.2, 0.25) is 0 Å². The second kappa shape index (κ2) is 15.2. The van der Waals surface area contributed by atoms with Crippen molar-refractivity contribution in [2.45, 2.75) is 71.6 Å². The zero-order valence-electron chi connectivity index (χ0n) is 11.4. The van der Waals surface area contributed by atoms with Crippen LogP contribution in [0.5, 0.6) is 0 Å². The van der Waals surface area contributed by atoms with E-state index in [9.17, 15) is 0 Å². The molecule has 0 aromatic heterocycles. The van der Waals surface area contributed by atoms with E-state index in [1.54, 1.807) is 0 Å². The molecule has 1 unspecified atom stereocenters. The largest absolute Gasteiger partial charge is 0.118 e. The highest BCUT2D eigenvalue weighted by atomic mass is 31.1. The van der Waals surface area contributed by atoms with Crippen molar-refractivity contribution in [1.29, 1.82) is 0 Å². The number of hydrogen-bond donors (Lipinski definition) is 0. The summed E-state index contributed by atoms with van der Waals surface area (Å²) in [6, 6.07) is 0. The molecule has 0 aromatic rings. The summed E-state index contributed by atoms with van der Waals surface area (Å²) in [6.07, 6.45) is 20.3. The fourth-order valence-corrected chi connectivity index (χ4v) is 2.97. The van der Waals surface area contributed by atoms with E-state index in [1.165, 1.54) is 70.1 Å². The second-order valence-electron chi connectivity index (χ2n) is 4.60. The van der Waals surface area contributed by atoms with Crippen LogP contribution in [-0.4, -0.2) is 12.3 Å². The molecule has 0 bridgehead atoms. The first-order chi connectivity index (χ1) is 7.91. The van der Waals surface area contributed by atoms with E-state index in [-0.39, 0.29) is 0 Å². The van der Waals surface area contributed by atoms with Gasteiger partial charge in [0.05, 0.1) is 0 Å². The molecule has 0 nitrogen and oxygen atoms in total. The molecule has 1 heteroatoms. The second-order valence-corrected chi connectivity index (χ2v) is 6.01. The van der Waals surface area contributed by atoms with Crippen LogP contribution in [0.25, 0.3) is 0 Å². The summed E-state index contributed by atoms with van der Waals surface area (Å²) < 4.78 is 0. The number of hydrogen-bond acceptors (Lipinski definition) is 0. The van der Waals surface area contributed by atoms with E-state index in [0.29, 0.717) is 0 Å². The van der Waals surface area contributed by atoms with Gasteiger partial charge >= 0.3 is 0 Å². The lowest BCUT2D eigenvalue weighted by molar-refractivity contribution is 0.573. The Morgan fingerprint density at radius 3 is 1.94 bits per heavy atom. The highest BCUT2D eigenvalue weighted by molar-refractivity contribution is 7.38. The van der Waals surface area contributed by atoms with Crippen molar-refractivity contribution in [3.63, 3.8) is 0 Å². The van der Waals surface area contributed by atoms with Crippen molar-refractivity contribution < 1.29 is 0 Å². The van der Waals surface area contributed by atoms with E-state index in [4.69, 9.17) is 0 Å². The molecule has 16 heavy (non-hydrogen) atoms. The molecule has 0 rings (SSSR count). The Morgan fingerprint density at radius 2 is 1.38 bits per heavy atom. The Morgan fingerprint density at radius 1 is 0.812 bits per heavy atom. The predicted octanol–water partition coefficient (Wildman–Crippen LogP) is 5.77. The number of unbranched alkanes of at least 4 members (excludes halogenated alkanes) is 8. The van der Waals surface area contributed by atoms with Crippen molar-refractivity contribution in [2.75, 3.05) is 12.3 Å². The number of rotatable bonds is 12. The van der Waals surface area contributed by atoms with Gasteiger partial charge in [-0.1, -0.05) is 70.4 Å². The lowest BCUT2D eigenvalue weighted by atomic mass is 10.1. The van der Waals surface area contributed by atoms with Gasteiger partial charge in [0.15, 0.2) is 0 Å². The van der Waals surface area contributed by atoms with Crippen LogP contribution in [0.1, 0.15) is 71.6 Å². The molecular formula is C15H31P. The van der Waals surface area contributed by atoms with Gasteiger partial charge in [-0.25, -0.2) is 0 Å². The molecule has 0 radical (unpaired) electrons. The van der Waals surface area contributed by atoms with Gasteiger partial charge < -0.3 is 0 Å². The Kier molecular flexibility index (Phi) is 15.3. The van der Waals surface area contributed by atoms with Gasteiger partial charge in [0.25, 0.3) is 0 Å². The van der Waals surface area contributed by atoms with Gasteiger partial charge in [0, 0.05) is 0 Å². The maximum Gasteiger partial charge on any atom is -0.0172 e. The van der Waals surface area contributed by atoms with E-state index >= 15 is 0 Å². The summed E-state index contributed by atoms with van der Waals surface area (Å²) in [5.74, 6) is 0. The Labute approximate surface area is 105 Å². The monoisotopic (exact) mass is 242 g/mol. The maximum atomic E-state index is 2.30. The molecule has 0 saturated heterocycles. The van der Waals surface area contributed by atoms with Gasteiger partial charge in [-0.2, -0.15) is 0 Å². The first kappa shape index (κ1) is 16.2.